The lowest BCUT2D eigenvalue weighted by molar-refractivity contribution is 0.0883. The second-order valence-corrected chi connectivity index (χ2v) is 5.40. The van der Waals surface area contributed by atoms with Crippen molar-refractivity contribution in [2.45, 2.75) is 78.1 Å². The largest absolute Gasteiger partial charge is 0.396 e. The summed E-state index contributed by atoms with van der Waals surface area (Å²) >= 11 is 0. The smallest absolute Gasteiger partial charge is 0.0487 e. The lowest BCUT2D eigenvalue weighted by Gasteiger charge is -2.32. The number of aliphatic hydroxyl groups excluding tert-OH is 2. The molecule has 0 heterocycles. The Kier molecular flexibility index (Phi) is 11.0. The van der Waals surface area contributed by atoms with Crippen LogP contribution in [-0.2, 0) is 0 Å². The molecule has 1 unspecified atom stereocenters. The Bertz CT molecular complexity index is 159. The number of aliphatic hydroxyl groups is 2. The maximum Gasteiger partial charge on any atom is 0.0487 e. The first-order chi connectivity index (χ1) is 8.24. The fourth-order valence-corrected chi connectivity index (χ4v) is 2.66. The van der Waals surface area contributed by atoms with E-state index < -0.39 is 0 Å². The van der Waals surface area contributed by atoms with Gasteiger partial charge in [0.15, 0.2) is 0 Å². The van der Waals surface area contributed by atoms with Gasteiger partial charge in [-0.05, 0) is 31.1 Å². The molecular weight excluding hydrogens is 212 g/mol. The van der Waals surface area contributed by atoms with Crippen LogP contribution in [0.5, 0.6) is 0 Å². The minimum Gasteiger partial charge on any atom is -0.396 e. The maximum atomic E-state index is 9.70. The summed E-state index contributed by atoms with van der Waals surface area (Å²) in [6.45, 7) is 5.09. The van der Waals surface area contributed by atoms with Crippen molar-refractivity contribution in [1.82, 2.24) is 0 Å². The van der Waals surface area contributed by atoms with Gasteiger partial charge in [-0.25, -0.2) is 0 Å². The summed E-state index contributed by atoms with van der Waals surface area (Å²) in [4.78, 5) is 0. The predicted molar refractivity (Wildman–Crippen MR) is 74.1 cm³/mol. The van der Waals surface area contributed by atoms with Crippen molar-refractivity contribution in [1.29, 1.82) is 0 Å². The molecule has 0 aliphatic heterocycles. The normalized spacial score (nSPS) is 14.8. The first-order valence-electron chi connectivity index (χ1n) is 7.46. The minimum atomic E-state index is 0.184. The highest BCUT2D eigenvalue weighted by atomic mass is 16.3. The summed E-state index contributed by atoms with van der Waals surface area (Å²) in [6.07, 6.45) is 11.5. The van der Waals surface area contributed by atoms with Crippen LogP contribution in [-0.4, -0.2) is 23.4 Å². The van der Waals surface area contributed by atoms with Crippen molar-refractivity contribution in [3.63, 3.8) is 0 Å². The SMILES string of the molecule is CCCCC(CO)(CCC)CCCCCCO. The summed E-state index contributed by atoms with van der Waals surface area (Å²) in [5.74, 6) is 0. The molecule has 0 aliphatic carbocycles. The zero-order chi connectivity index (χ0) is 13.0. The van der Waals surface area contributed by atoms with Gasteiger partial charge in [-0.15, -0.1) is 0 Å². The van der Waals surface area contributed by atoms with Gasteiger partial charge < -0.3 is 10.2 Å². The predicted octanol–water partition coefficient (Wildman–Crippen LogP) is 3.90. The number of unbranched alkanes of at least 4 members (excludes halogenated alkanes) is 4. The molecule has 0 rings (SSSR count). The standard InChI is InChI=1S/C15H32O2/c1-3-5-11-15(14-17,10-4-2)12-8-6-7-9-13-16/h16-17H,3-14H2,1-2H3. The van der Waals surface area contributed by atoms with Crippen LogP contribution in [0.2, 0.25) is 0 Å². The Morgan fingerprint density at radius 3 is 1.88 bits per heavy atom. The molecule has 0 spiro atoms. The van der Waals surface area contributed by atoms with Crippen LogP contribution in [0.1, 0.15) is 78.1 Å². The van der Waals surface area contributed by atoms with Gasteiger partial charge in [-0.1, -0.05) is 52.4 Å². The second-order valence-electron chi connectivity index (χ2n) is 5.40. The minimum absolute atomic E-state index is 0.184. The van der Waals surface area contributed by atoms with E-state index >= 15 is 0 Å². The fourth-order valence-electron chi connectivity index (χ4n) is 2.66. The van der Waals surface area contributed by atoms with E-state index in [9.17, 15) is 5.11 Å². The molecule has 0 saturated heterocycles. The molecule has 0 aromatic carbocycles. The van der Waals surface area contributed by atoms with Gasteiger partial charge in [0.2, 0.25) is 0 Å². The topological polar surface area (TPSA) is 40.5 Å². The van der Waals surface area contributed by atoms with Gasteiger partial charge in [0.05, 0.1) is 0 Å². The van der Waals surface area contributed by atoms with Crippen LogP contribution in [0, 0.1) is 5.41 Å². The molecule has 1 atom stereocenters. The zero-order valence-electron chi connectivity index (χ0n) is 11.9. The lowest BCUT2D eigenvalue weighted by Crippen LogP contribution is -2.25. The molecular formula is C15H32O2. The molecule has 0 aromatic rings. The summed E-state index contributed by atoms with van der Waals surface area (Å²) in [5, 5.41) is 18.4. The molecule has 2 N–H and O–H groups in total. The van der Waals surface area contributed by atoms with Crippen molar-refractivity contribution in [3.05, 3.63) is 0 Å². The third kappa shape index (κ3) is 7.77. The monoisotopic (exact) mass is 244 g/mol. The van der Waals surface area contributed by atoms with Crippen molar-refractivity contribution in [2.75, 3.05) is 13.2 Å². The van der Waals surface area contributed by atoms with Crippen molar-refractivity contribution in [2.24, 2.45) is 5.41 Å². The van der Waals surface area contributed by atoms with Crippen molar-refractivity contribution < 1.29 is 10.2 Å². The third-order valence-corrected chi connectivity index (χ3v) is 3.79. The van der Waals surface area contributed by atoms with Crippen LogP contribution in [0.3, 0.4) is 0 Å². The van der Waals surface area contributed by atoms with E-state index in [0.717, 1.165) is 25.7 Å². The van der Waals surface area contributed by atoms with Crippen LogP contribution in [0.4, 0.5) is 0 Å². The van der Waals surface area contributed by atoms with E-state index in [1.807, 2.05) is 0 Å². The number of hydrogen-bond donors (Lipinski definition) is 2. The molecule has 0 fully saturated rings. The summed E-state index contributed by atoms with van der Waals surface area (Å²) in [5.41, 5.74) is 0.184. The van der Waals surface area contributed by atoms with E-state index in [4.69, 9.17) is 5.11 Å². The lowest BCUT2D eigenvalue weighted by atomic mass is 9.75. The first-order valence-corrected chi connectivity index (χ1v) is 7.46. The fraction of sp³-hybridized carbons (Fsp3) is 1.00. The molecule has 0 aliphatic rings. The zero-order valence-corrected chi connectivity index (χ0v) is 11.9. The Morgan fingerprint density at radius 2 is 1.35 bits per heavy atom. The average Bonchev–Trinajstić information content (AvgIpc) is 2.35. The molecule has 104 valence electrons. The first kappa shape index (κ1) is 16.9. The van der Waals surface area contributed by atoms with Crippen LogP contribution in [0.25, 0.3) is 0 Å². The van der Waals surface area contributed by atoms with E-state index in [1.54, 1.807) is 0 Å². The third-order valence-electron chi connectivity index (χ3n) is 3.79. The Morgan fingerprint density at radius 1 is 0.706 bits per heavy atom. The highest BCUT2D eigenvalue weighted by Gasteiger charge is 2.26. The van der Waals surface area contributed by atoms with Gasteiger partial charge >= 0.3 is 0 Å². The number of rotatable bonds is 12. The van der Waals surface area contributed by atoms with Gasteiger partial charge in [-0.3, -0.25) is 0 Å². The van der Waals surface area contributed by atoms with Crippen molar-refractivity contribution >= 4 is 0 Å². The van der Waals surface area contributed by atoms with Gasteiger partial charge in [-0.2, -0.15) is 0 Å². The van der Waals surface area contributed by atoms with Crippen LogP contribution < -0.4 is 0 Å². The Labute approximate surface area is 107 Å². The number of hydrogen-bond acceptors (Lipinski definition) is 2. The quantitative estimate of drug-likeness (QED) is 0.511. The molecule has 0 saturated carbocycles. The van der Waals surface area contributed by atoms with E-state index in [1.165, 1.54) is 38.5 Å². The van der Waals surface area contributed by atoms with E-state index in [2.05, 4.69) is 13.8 Å². The van der Waals surface area contributed by atoms with Crippen molar-refractivity contribution in [3.8, 4) is 0 Å². The Hall–Kier alpha value is -0.0800. The maximum absolute atomic E-state index is 9.70. The average molecular weight is 244 g/mol. The van der Waals surface area contributed by atoms with Gasteiger partial charge in [0.25, 0.3) is 0 Å². The Balaban J connectivity index is 3.97. The van der Waals surface area contributed by atoms with Gasteiger partial charge in [0.1, 0.15) is 0 Å². The molecule has 0 radical (unpaired) electrons. The summed E-state index contributed by atoms with van der Waals surface area (Å²) < 4.78 is 0. The highest BCUT2D eigenvalue weighted by molar-refractivity contribution is 4.78. The molecule has 17 heavy (non-hydrogen) atoms. The molecule has 0 amide bonds. The van der Waals surface area contributed by atoms with E-state index in [0.29, 0.717) is 13.2 Å². The molecule has 0 aromatic heterocycles. The van der Waals surface area contributed by atoms with Crippen LogP contribution >= 0.6 is 0 Å². The van der Waals surface area contributed by atoms with E-state index in [-0.39, 0.29) is 5.41 Å². The highest BCUT2D eigenvalue weighted by Crippen LogP contribution is 2.35. The summed E-state index contributed by atoms with van der Waals surface area (Å²) in [7, 11) is 0. The van der Waals surface area contributed by atoms with Crippen LogP contribution in [0.15, 0.2) is 0 Å². The summed E-state index contributed by atoms with van der Waals surface area (Å²) in [6, 6.07) is 0. The molecule has 2 nitrogen and oxygen atoms in total. The molecule has 2 heteroatoms. The molecule has 0 bridgehead atoms. The second kappa shape index (κ2) is 11.0. The van der Waals surface area contributed by atoms with Gasteiger partial charge in [0, 0.05) is 13.2 Å².